The summed E-state index contributed by atoms with van der Waals surface area (Å²) < 4.78 is 36.1. The second-order valence-corrected chi connectivity index (χ2v) is 8.58. The molecule has 0 saturated heterocycles. The number of carbonyl (C=O) groups excluding carboxylic acids is 1. The van der Waals surface area contributed by atoms with E-state index >= 15 is 0 Å². The highest BCUT2D eigenvalue weighted by molar-refractivity contribution is 7.92. The summed E-state index contributed by atoms with van der Waals surface area (Å²) in [4.78, 5) is 12.4. The SMILES string of the molecule is COc1ccc(OC)c(N(CC(=O)N/N=C(/C)CCc2ccccc2)S(C)(=O)=O)c1. The first-order valence-corrected chi connectivity index (χ1v) is 11.1. The minimum Gasteiger partial charge on any atom is -0.497 e. The fourth-order valence-corrected chi connectivity index (χ4v) is 3.57. The van der Waals surface area contributed by atoms with E-state index in [1.165, 1.54) is 25.8 Å². The minimum absolute atomic E-state index is 0.208. The Balaban J connectivity index is 2.09. The Bertz CT molecular complexity index is 991. The predicted octanol–water partition coefficient (Wildman–Crippen LogP) is 2.59. The first kappa shape index (κ1) is 23.2. The van der Waals surface area contributed by atoms with Crippen molar-refractivity contribution in [1.29, 1.82) is 0 Å². The van der Waals surface area contributed by atoms with Crippen LogP contribution in [-0.4, -0.2) is 47.1 Å². The average Bonchev–Trinajstić information content (AvgIpc) is 2.74. The maximum atomic E-state index is 12.4. The molecule has 2 rings (SSSR count). The van der Waals surface area contributed by atoms with Crippen molar-refractivity contribution >= 4 is 27.3 Å². The van der Waals surface area contributed by atoms with Crippen LogP contribution in [0.3, 0.4) is 0 Å². The van der Waals surface area contributed by atoms with E-state index in [0.717, 1.165) is 22.7 Å². The largest absolute Gasteiger partial charge is 0.497 e. The molecule has 162 valence electrons. The van der Waals surface area contributed by atoms with Gasteiger partial charge in [0.1, 0.15) is 18.0 Å². The van der Waals surface area contributed by atoms with Gasteiger partial charge in [0.15, 0.2) is 0 Å². The van der Waals surface area contributed by atoms with Crippen molar-refractivity contribution in [2.75, 3.05) is 31.3 Å². The summed E-state index contributed by atoms with van der Waals surface area (Å²) in [5.74, 6) is 0.176. The van der Waals surface area contributed by atoms with Gasteiger partial charge in [-0.05, 0) is 37.5 Å². The molecule has 0 spiro atoms. The van der Waals surface area contributed by atoms with Crippen LogP contribution < -0.4 is 19.2 Å². The van der Waals surface area contributed by atoms with Gasteiger partial charge in [0.05, 0.1) is 26.2 Å². The molecule has 0 saturated carbocycles. The lowest BCUT2D eigenvalue weighted by Crippen LogP contribution is -2.39. The second kappa shape index (κ2) is 10.6. The number of nitrogens with zero attached hydrogens (tertiary/aromatic N) is 2. The summed E-state index contributed by atoms with van der Waals surface area (Å²) in [6.07, 6.45) is 2.49. The number of carbonyl (C=O) groups is 1. The quantitative estimate of drug-likeness (QED) is 0.459. The molecular formula is C21H27N3O5S. The van der Waals surface area contributed by atoms with Crippen molar-refractivity contribution in [2.24, 2.45) is 5.10 Å². The van der Waals surface area contributed by atoms with Crippen LogP contribution in [0, 0.1) is 0 Å². The fraction of sp³-hybridized carbons (Fsp3) is 0.333. The van der Waals surface area contributed by atoms with E-state index in [1.807, 2.05) is 37.3 Å². The number of nitrogens with one attached hydrogen (secondary N) is 1. The number of aryl methyl sites for hydroxylation is 1. The number of methoxy groups -OCH3 is 2. The van der Waals surface area contributed by atoms with Crippen LogP contribution in [-0.2, 0) is 21.2 Å². The average molecular weight is 434 g/mol. The Morgan fingerprint density at radius 1 is 1.10 bits per heavy atom. The summed E-state index contributed by atoms with van der Waals surface area (Å²) in [5, 5.41) is 4.08. The molecule has 2 aromatic rings. The maximum Gasteiger partial charge on any atom is 0.260 e. The molecule has 0 aromatic heterocycles. The van der Waals surface area contributed by atoms with Gasteiger partial charge in [0.25, 0.3) is 5.91 Å². The molecule has 0 bridgehead atoms. The lowest BCUT2D eigenvalue weighted by Gasteiger charge is -2.23. The summed E-state index contributed by atoms with van der Waals surface area (Å²) in [7, 11) is -0.876. The Morgan fingerprint density at radius 2 is 1.80 bits per heavy atom. The van der Waals surface area contributed by atoms with Crippen LogP contribution in [0.1, 0.15) is 18.9 Å². The summed E-state index contributed by atoms with van der Waals surface area (Å²) in [5.41, 5.74) is 4.54. The standard InChI is InChI=1S/C21H27N3O5S/c1-16(10-11-17-8-6-5-7-9-17)22-23-21(25)15-24(30(4,26)27)19-14-18(28-2)12-13-20(19)29-3/h5-9,12-14H,10-11,15H2,1-4H3,(H,23,25)/b22-16-. The molecule has 0 unspecified atom stereocenters. The Morgan fingerprint density at radius 3 is 2.40 bits per heavy atom. The van der Waals surface area contributed by atoms with Crippen molar-refractivity contribution in [3.8, 4) is 11.5 Å². The van der Waals surface area contributed by atoms with Gasteiger partial charge >= 0.3 is 0 Å². The Labute approximate surface area is 177 Å². The summed E-state index contributed by atoms with van der Waals surface area (Å²) in [6.45, 7) is 1.36. The number of benzene rings is 2. The number of hydrogen-bond donors (Lipinski definition) is 1. The molecule has 8 nitrogen and oxygen atoms in total. The lowest BCUT2D eigenvalue weighted by atomic mass is 10.1. The van der Waals surface area contributed by atoms with Crippen molar-refractivity contribution in [3.63, 3.8) is 0 Å². The number of hydrazone groups is 1. The van der Waals surface area contributed by atoms with E-state index in [0.29, 0.717) is 17.9 Å². The zero-order valence-electron chi connectivity index (χ0n) is 17.6. The molecule has 0 fully saturated rings. The Kier molecular flexibility index (Phi) is 8.23. The van der Waals surface area contributed by atoms with Crippen LogP contribution in [0.4, 0.5) is 5.69 Å². The third-order valence-corrected chi connectivity index (χ3v) is 5.46. The third kappa shape index (κ3) is 6.77. The molecule has 0 heterocycles. The van der Waals surface area contributed by atoms with Gasteiger partial charge in [-0.3, -0.25) is 9.10 Å². The second-order valence-electron chi connectivity index (χ2n) is 6.68. The van der Waals surface area contributed by atoms with Crippen LogP contribution >= 0.6 is 0 Å². The first-order valence-electron chi connectivity index (χ1n) is 9.30. The monoisotopic (exact) mass is 433 g/mol. The fourth-order valence-electron chi connectivity index (χ4n) is 2.72. The zero-order chi connectivity index (χ0) is 22.1. The molecule has 2 aromatic carbocycles. The number of hydrogen-bond acceptors (Lipinski definition) is 6. The lowest BCUT2D eigenvalue weighted by molar-refractivity contribution is -0.119. The van der Waals surface area contributed by atoms with E-state index < -0.39 is 22.5 Å². The van der Waals surface area contributed by atoms with Gasteiger partial charge < -0.3 is 9.47 Å². The Hall–Kier alpha value is -3.07. The molecule has 1 N–H and O–H groups in total. The van der Waals surface area contributed by atoms with Crippen LogP contribution in [0.25, 0.3) is 0 Å². The third-order valence-electron chi connectivity index (χ3n) is 4.33. The first-order chi connectivity index (χ1) is 14.2. The molecular weight excluding hydrogens is 406 g/mol. The normalized spacial score (nSPS) is 11.7. The smallest absolute Gasteiger partial charge is 0.260 e. The molecule has 0 aliphatic rings. The highest BCUT2D eigenvalue weighted by atomic mass is 32.2. The van der Waals surface area contributed by atoms with E-state index in [1.54, 1.807) is 12.1 Å². The highest BCUT2D eigenvalue weighted by Crippen LogP contribution is 2.33. The van der Waals surface area contributed by atoms with Crippen molar-refractivity contribution in [2.45, 2.75) is 19.8 Å². The zero-order valence-corrected chi connectivity index (χ0v) is 18.4. The van der Waals surface area contributed by atoms with E-state index in [4.69, 9.17) is 9.47 Å². The van der Waals surface area contributed by atoms with Gasteiger partial charge in [-0.2, -0.15) is 5.10 Å². The van der Waals surface area contributed by atoms with Gasteiger partial charge in [-0.25, -0.2) is 13.8 Å². The minimum atomic E-state index is -3.77. The topological polar surface area (TPSA) is 97.3 Å². The van der Waals surface area contributed by atoms with Gasteiger partial charge in [-0.1, -0.05) is 30.3 Å². The number of sulfonamides is 1. The predicted molar refractivity (Wildman–Crippen MR) is 118 cm³/mol. The number of anilines is 1. The van der Waals surface area contributed by atoms with E-state index in [2.05, 4.69) is 10.5 Å². The molecule has 0 aliphatic heterocycles. The number of ether oxygens (including phenoxy) is 2. The van der Waals surface area contributed by atoms with Crippen LogP contribution in [0.15, 0.2) is 53.6 Å². The van der Waals surface area contributed by atoms with E-state index in [9.17, 15) is 13.2 Å². The van der Waals surface area contributed by atoms with E-state index in [-0.39, 0.29) is 5.69 Å². The van der Waals surface area contributed by atoms with Gasteiger partial charge in [0, 0.05) is 11.8 Å². The van der Waals surface area contributed by atoms with Crippen molar-refractivity contribution < 1.29 is 22.7 Å². The van der Waals surface area contributed by atoms with Crippen LogP contribution in [0.5, 0.6) is 11.5 Å². The molecule has 9 heteroatoms. The van der Waals surface area contributed by atoms with Crippen LogP contribution in [0.2, 0.25) is 0 Å². The number of rotatable bonds is 10. The van der Waals surface area contributed by atoms with Crippen molar-refractivity contribution in [3.05, 3.63) is 54.1 Å². The summed E-state index contributed by atoms with van der Waals surface area (Å²) in [6, 6.07) is 14.7. The highest BCUT2D eigenvalue weighted by Gasteiger charge is 2.24. The molecule has 30 heavy (non-hydrogen) atoms. The molecule has 1 amide bonds. The molecule has 0 atom stereocenters. The molecule has 0 radical (unpaired) electrons. The number of amides is 1. The van der Waals surface area contributed by atoms with Gasteiger partial charge in [-0.15, -0.1) is 0 Å². The van der Waals surface area contributed by atoms with Gasteiger partial charge in [0.2, 0.25) is 10.0 Å². The van der Waals surface area contributed by atoms with Crippen molar-refractivity contribution in [1.82, 2.24) is 5.43 Å². The maximum absolute atomic E-state index is 12.4. The summed E-state index contributed by atoms with van der Waals surface area (Å²) >= 11 is 0. The molecule has 0 aliphatic carbocycles.